The summed E-state index contributed by atoms with van der Waals surface area (Å²) < 4.78 is 5.51. The van der Waals surface area contributed by atoms with Crippen LogP contribution >= 0.6 is 11.6 Å². The van der Waals surface area contributed by atoms with Crippen molar-refractivity contribution >= 4 is 40.7 Å². The van der Waals surface area contributed by atoms with Crippen LogP contribution in [0.2, 0.25) is 5.02 Å². The van der Waals surface area contributed by atoms with Crippen molar-refractivity contribution in [2.45, 2.75) is 25.9 Å². The van der Waals surface area contributed by atoms with Crippen molar-refractivity contribution in [1.29, 1.82) is 0 Å². The van der Waals surface area contributed by atoms with Crippen molar-refractivity contribution in [3.05, 3.63) is 98.1 Å². The monoisotopic (exact) mass is 505 g/mol. The lowest BCUT2D eigenvalue weighted by molar-refractivity contribution is -0.385. The zero-order chi connectivity index (χ0) is 25.7. The second kappa shape index (κ2) is 8.76. The Kier molecular flexibility index (Phi) is 5.72. The molecule has 3 amide bonds. The van der Waals surface area contributed by atoms with E-state index in [-0.39, 0.29) is 11.1 Å². The normalized spacial score (nSPS) is 18.8. The molecule has 0 spiro atoms. The van der Waals surface area contributed by atoms with Crippen LogP contribution in [0.3, 0.4) is 0 Å². The lowest BCUT2D eigenvalue weighted by atomic mass is 9.86. The molecule has 0 aromatic heterocycles. The zero-order valence-corrected chi connectivity index (χ0v) is 20.1. The highest BCUT2D eigenvalue weighted by molar-refractivity contribution is 6.32. The van der Waals surface area contributed by atoms with E-state index in [4.69, 9.17) is 16.3 Å². The van der Waals surface area contributed by atoms with Crippen molar-refractivity contribution in [3.63, 3.8) is 0 Å². The molecule has 3 aromatic rings. The van der Waals surface area contributed by atoms with Gasteiger partial charge in [-0.15, -0.1) is 0 Å². The minimum Gasteiger partial charge on any atom is -0.494 e. The Hall–Kier alpha value is -4.24. The molecule has 1 saturated heterocycles. The first-order valence-corrected chi connectivity index (χ1v) is 11.6. The van der Waals surface area contributed by atoms with Gasteiger partial charge in [-0.25, -0.2) is 0 Å². The summed E-state index contributed by atoms with van der Waals surface area (Å²) in [5.74, 6) is -1.47. The Morgan fingerprint density at radius 1 is 0.972 bits per heavy atom. The Labute approximate surface area is 211 Å². The number of ether oxygens (including phenoxy) is 1. The van der Waals surface area contributed by atoms with Crippen LogP contribution in [0.4, 0.5) is 11.4 Å². The third-order valence-corrected chi connectivity index (χ3v) is 6.84. The van der Waals surface area contributed by atoms with Gasteiger partial charge in [-0.1, -0.05) is 35.9 Å². The van der Waals surface area contributed by atoms with Crippen LogP contribution in [0.1, 0.15) is 44.8 Å². The van der Waals surface area contributed by atoms with Crippen LogP contribution in [0, 0.1) is 17.0 Å². The summed E-state index contributed by atoms with van der Waals surface area (Å²) >= 11 is 6.32. The van der Waals surface area contributed by atoms with Crippen LogP contribution < -0.4 is 9.64 Å². The van der Waals surface area contributed by atoms with Gasteiger partial charge < -0.3 is 9.64 Å². The van der Waals surface area contributed by atoms with E-state index in [9.17, 15) is 24.5 Å². The molecule has 0 bridgehead atoms. The number of rotatable bonds is 6. The first-order valence-electron chi connectivity index (χ1n) is 11.2. The predicted octanol–water partition coefficient (Wildman–Crippen LogP) is 4.71. The van der Waals surface area contributed by atoms with Crippen molar-refractivity contribution in [2.24, 2.45) is 0 Å². The van der Waals surface area contributed by atoms with E-state index in [0.29, 0.717) is 28.6 Å². The summed E-state index contributed by atoms with van der Waals surface area (Å²) in [7, 11) is 0. The van der Waals surface area contributed by atoms with Crippen molar-refractivity contribution in [2.75, 3.05) is 11.5 Å². The van der Waals surface area contributed by atoms with E-state index < -0.39 is 40.4 Å². The zero-order valence-electron chi connectivity index (χ0n) is 19.3. The number of hydrogen-bond acceptors (Lipinski definition) is 6. The molecule has 5 rings (SSSR count). The lowest BCUT2D eigenvalue weighted by Crippen LogP contribution is -2.67. The van der Waals surface area contributed by atoms with Gasteiger partial charge in [-0.2, -0.15) is 0 Å². The molecule has 0 N–H and O–H groups in total. The largest absolute Gasteiger partial charge is 0.494 e. The molecule has 2 atom stereocenters. The smallest absolute Gasteiger partial charge is 0.282 e. The van der Waals surface area contributed by atoms with Crippen LogP contribution in [0.15, 0.2) is 60.7 Å². The fraction of sp³-hybridized carbons (Fsp3) is 0.192. The molecule has 2 heterocycles. The molecule has 3 aromatic carbocycles. The van der Waals surface area contributed by atoms with Gasteiger partial charge in [-0.05, 0) is 55.3 Å². The molecule has 0 saturated carbocycles. The number of carbonyl (C=O) groups is 3. The number of amides is 3. The Bertz CT molecular complexity index is 1440. The fourth-order valence-corrected chi connectivity index (χ4v) is 4.87. The number of anilines is 1. The number of halogens is 1. The average Bonchev–Trinajstić information content (AvgIpc) is 3.10. The Balaban J connectivity index is 1.59. The maximum Gasteiger partial charge on any atom is 0.282 e. The molecule has 0 aliphatic carbocycles. The SMILES string of the molecule is CCOc1ccc(C2C(N3C(=O)c4cccc([N+](=O)[O-])c4C3=O)C(=O)N2c2ccc(C)c(Cl)c2)cc1. The number of nitro groups is 1. The topological polar surface area (TPSA) is 110 Å². The van der Waals surface area contributed by atoms with E-state index >= 15 is 0 Å². The van der Waals surface area contributed by atoms with Gasteiger partial charge in [0.1, 0.15) is 17.4 Å². The third-order valence-electron chi connectivity index (χ3n) is 6.43. The number of hydrogen-bond donors (Lipinski definition) is 0. The van der Waals surface area contributed by atoms with Gasteiger partial charge in [0, 0.05) is 16.8 Å². The van der Waals surface area contributed by atoms with Gasteiger partial charge in [-0.3, -0.25) is 29.4 Å². The molecule has 182 valence electrons. The number of nitrogens with zero attached hydrogens (tertiary/aromatic N) is 3. The highest BCUT2D eigenvalue weighted by Gasteiger charge is 2.58. The maximum absolute atomic E-state index is 13.5. The van der Waals surface area contributed by atoms with Gasteiger partial charge in [0.15, 0.2) is 0 Å². The average molecular weight is 506 g/mol. The summed E-state index contributed by atoms with van der Waals surface area (Å²) in [6.07, 6.45) is 0. The van der Waals surface area contributed by atoms with Crippen LogP contribution in [0.5, 0.6) is 5.75 Å². The second-order valence-corrected chi connectivity index (χ2v) is 8.88. The standard InChI is InChI=1S/C26H20ClN3O6/c1-3-36-17-11-8-15(9-12-17)22-23(26(33)28(22)16-10-7-14(2)19(27)13-16)29-24(31)18-5-4-6-20(30(34)35)21(18)25(29)32/h4-13,22-23H,3H2,1-2H3. The summed E-state index contributed by atoms with van der Waals surface area (Å²) in [5.41, 5.74) is 1.13. The molecule has 2 unspecified atom stereocenters. The maximum atomic E-state index is 13.5. The number of aryl methyl sites for hydroxylation is 1. The van der Waals surface area contributed by atoms with Crippen LogP contribution in [-0.4, -0.2) is 40.2 Å². The molecule has 2 aliphatic rings. The third kappa shape index (κ3) is 3.51. The van der Waals surface area contributed by atoms with E-state index in [1.165, 1.54) is 23.1 Å². The van der Waals surface area contributed by atoms with Gasteiger partial charge >= 0.3 is 0 Å². The molecule has 36 heavy (non-hydrogen) atoms. The van der Waals surface area contributed by atoms with E-state index in [0.717, 1.165) is 10.5 Å². The van der Waals surface area contributed by atoms with E-state index in [2.05, 4.69) is 0 Å². The van der Waals surface area contributed by atoms with Crippen LogP contribution in [0.25, 0.3) is 0 Å². The minimum atomic E-state index is -1.19. The first-order chi connectivity index (χ1) is 17.2. The predicted molar refractivity (Wildman–Crippen MR) is 131 cm³/mol. The van der Waals surface area contributed by atoms with Gasteiger partial charge in [0.2, 0.25) is 0 Å². The summed E-state index contributed by atoms with van der Waals surface area (Å²) in [5, 5.41) is 12.0. The van der Waals surface area contributed by atoms with Crippen LogP contribution in [-0.2, 0) is 4.79 Å². The molecule has 9 nitrogen and oxygen atoms in total. The molecule has 10 heteroatoms. The number of nitro benzene ring substituents is 1. The lowest BCUT2D eigenvalue weighted by Gasteiger charge is -2.49. The van der Waals surface area contributed by atoms with Gasteiger partial charge in [0.05, 0.1) is 23.1 Å². The minimum absolute atomic E-state index is 0.0933. The summed E-state index contributed by atoms with van der Waals surface area (Å²) in [6.45, 7) is 4.17. The number of fused-ring (bicyclic) bond motifs is 1. The molecular formula is C26H20ClN3O6. The number of β-lactam (4-membered cyclic amide) rings is 1. The van der Waals surface area contributed by atoms with E-state index in [1.54, 1.807) is 42.5 Å². The van der Waals surface area contributed by atoms with Crippen molar-refractivity contribution in [3.8, 4) is 5.75 Å². The number of carbonyl (C=O) groups excluding carboxylic acids is 3. The summed E-state index contributed by atoms with van der Waals surface area (Å²) in [4.78, 5) is 53.3. The van der Waals surface area contributed by atoms with Crippen molar-refractivity contribution < 1.29 is 24.0 Å². The molecule has 2 aliphatic heterocycles. The quantitative estimate of drug-likeness (QED) is 0.208. The Morgan fingerprint density at radius 2 is 1.69 bits per heavy atom. The van der Waals surface area contributed by atoms with Crippen molar-refractivity contribution in [1.82, 2.24) is 4.90 Å². The molecule has 0 radical (unpaired) electrons. The van der Waals surface area contributed by atoms with Gasteiger partial charge in [0.25, 0.3) is 23.4 Å². The number of imide groups is 1. The van der Waals surface area contributed by atoms with E-state index in [1.807, 2.05) is 13.8 Å². The highest BCUT2D eigenvalue weighted by Crippen LogP contribution is 2.46. The fourth-order valence-electron chi connectivity index (χ4n) is 4.69. The summed E-state index contributed by atoms with van der Waals surface area (Å²) in [6, 6.07) is 14.1. The molecule has 1 fully saturated rings. The second-order valence-electron chi connectivity index (χ2n) is 8.47. The Morgan fingerprint density at radius 3 is 2.33 bits per heavy atom. The molecular weight excluding hydrogens is 486 g/mol. The first kappa shape index (κ1) is 23.5. The number of benzene rings is 3. The highest BCUT2D eigenvalue weighted by atomic mass is 35.5.